The molecular formula is C53H70N6O8. The number of hydrogen-bond donors (Lipinski definition) is 3. The fourth-order valence-electron chi connectivity index (χ4n) is 9.29. The van der Waals surface area contributed by atoms with Gasteiger partial charge in [-0.2, -0.15) is 0 Å². The van der Waals surface area contributed by atoms with Crippen LogP contribution in [0.1, 0.15) is 160 Å². The predicted molar refractivity (Wildman–Crippen MR) is 259 cm³/mol. The molecule has 0 aromatic carbocycles. The molecule has 8 rings (SSSR count). The molecule has 2 amide bonds. The first kappa shape index (κ1) is 50.8. The van der Waals surface area contributed by atoms with Gasteiger partial charge >= 0.3 is 0 Å². The summed E-state index contributed by atoms with van der Waals surface area (Å²) >= 11 is 0. The van der Waals surface area contributed by atoms with Gasteiger partial charge in [-0.05, 0) is 101 Å². The van der Waals surface area contributed by atoms with Gasteiger partial charge in [-0.25, -0.2) is 15.0 Å². The molecule has 2 aliphatic heterocycles. The summed E-state index contributed by atoms with van der Waals surface area (Å²) in [6, 6.07) is 13.4. The molecule has 0 radical (unpaired) electrons. The van der Waals surface area contributed by atoms with Gasteiger partial charge < -0.3 is 30.3 Å². The number of pyridine rings is 3. The Morgan fingerprint density at radius 3 is 1.43 bits per heavy atom. The number of amides is 2. The van der Waals surface area contributed by atoms with Crippen LogP contribution in [0.3, 0.4) is 0 Å². The summed E-state index contributed by atoms with van der Waals surface area (Å²) in [7, 11) is 0. The van der Waals surface area contributed by atoms with Crippen molar-refractivity contribution in [2.45, 2.75) is 148 Å². The van der Waals surface area contributed by atoms with E-state index in [-0.39, 0.29) is 51.8 Å². The summed E-state index contributed by atoms with van der Waals surface area (Å²) in [6.07, 6.45) is 10.4. The molecule has 4 aromatic rings. The molecule has 14 heteroatoms. The quantitative estimate of drug-likeness (QED) is 0.0961. The van der Waals surface area contributed by atoms with Gasteiger partial charge in [-0.15, -0.1) is 0 Å². The van der Waals surface area contributed by atoms with Gasteiger partial charge in [-0.3, -0.25) is 24.0 Å². The summed E-state index contributed by atoms with van der Waals surface area (Å²) in [6.45, 7) is 20.0. The van der Waals surface area contributed by atoms with E-state index in [1.54, 1.807) is 39.4 Å². The number of hydrogen-bond acceptors (Lipinski definition) is 12. The minimum atomic E-state index is -0.446. The number of carbonyl (C=O) groups is 5. The fourth-order valence-corrected chi connectivity index (χ4v) is 9.29. The first-order valence-corrected chi connectivity index (χ1v) is 23.7. The number of rotatable bonds is 16. The molecule has 0 spiro atoms. The second-order valence-electron chi connectivity index (χ2n) is 20.8. The molecule has 2 unspecified atom stereocenters. The highest BCUT2D eigenvalue weighted by Gasteiger charge is 2.35. The Labute approximate surface area is 395 Å². The number of aromatic nitrogens is 3. The Morgan fingerprint density at radius 1 is 0.582 bits per heavy atom. The maximum atomic E-state index is 12.0. The van der Waals surface area contributed by atoms with Crippen LogP contribution >= 0.6 is 0 Å². The summed E-state index contributed by atoms with van der Waals surface area (Å²) in [4.78, 5) is 72.8. The first-order valence-electron chi connectivity index (χ1n) is 23.7. The zero-order chi connectivity index (χ0) is 48.7. The molecular weight excluding hydrogens is 849 g/mol. The van der Waals surface area contributed by atoms with E-state index in [2.05, 4.69) is 34.4 Å². The Morgan fingerprint density at radius 2 is 1.01 bits per heavy atom. The van der Waals surface area contributed by atoms with E-state index in [4.69, 9.17) is 24.6 Å². The van der Waals surface area contributed by atoms with Crippen LogP contribution in [0.4, 0.5) is 17.5 Å². The van der Waals surface area contributed by atoms with Crippen molar-refractivity contribution >= 4 is 46.6 Å². The largest absolute Gasteiger partial charge is 0.472 e. The highest BCUT2D eigenvalue weighted by molar-refractivity contribution is 5.94. The highest BCUT2D eigenvalue weighted by Crippen LogP contribution is 2.40. The molecule has 4 fully saturated rings. The van der Waals surface area contributed by atoms with Crippen molar-refractivity contribution in [3.8, 4) is 11.1 Å². The van der Waals surface area contributed by atoms with Gasteiger partial charge in [0.05, 0.1) is 42.8 Å². The number of anilines is 3. The normalized spacial score (nSPS) is 18.2. The fraction of sp³-hybridized carbons (Fsp3) is 0.547. The summed E-state index contributed by atoms with van der Waals surface area (Å²) in [5, 5.41) is 5.81. The number of furan rings is 1. The van der Waals surface area contributed by atoms with Gasteiger partial charge in [0.25, 0.3) is 0 Å². The highest BCUT2D eigenvalue weighted by atomic mass is 16.5. The van der Waals surface area contributed by atoms with E-state index in [9.17, 15) is 24.0 Å². The lowest BCUT2D eigenvalue weighted by Gasteiger charge is -2.28. The maximum absolute atomic E-state index is 12.0. The van der Waals surface area contributed by atoms with Gasteiger partial charge in [0.15, 0.2) is 0 Å². The van der Waals surface area contributed by atoms with Gasteiger partial charge in [0.2, 0.25) is 11.8 Å². The van der Waals surface area contributed by atoms with Crippen LogP contribution < -0.4 is 16.4 Å². The van der Waals surface area contributed by atoms with Crippen molar-refractivity contribution in [3.05, 3.63) is 83.2 Å². The number of ketones is 3. The van der Waals surface area contributed by atoms with Crippen molar-refractivity contribution in [2.24, 2.45) is 11.8 Å². The number of ether oxygens (including phenoxy) is 2. The van der Waals surface area contributed by atoms with Crippen LogP contribution in [-0.4, -0.2) is 70.5 Å². The zero-order valence-electron chi connectivity index (χ0n) is 40.9. The van der Waals surface area contributed by atoms with E-state index in [1.165, 1.54) is 5.56 Å². The van der Waals surface area contributed by atoms with Crippen molar-refractivity contribution in [2.75, 3.05) is 42.8 Å². The Balaban J connectivity index is 0.000000167. The molecule has 4 aromatic heterocycles. The lowest BCUT2D eigenvalue weighted by atomic mass is 9.79. The number of nitrogens with two attached hydrogens (primary N) is 1. The van der Waals surface area contributed by atoms with E-state index in [0.717, 1.165) is 92.1 Å². The number of carbonyl (C=O) groups excluding carboxylic acids is 5. The average Bonchev–Trinajstić information content (AvgIpc) is 4.07. The molecule has 4 N–H and O–H groups in total. The van der Waals surface area contributed by atoms with Crippen LogP contribution in [0.25, 0.3) is 11.1 Å². The summed E-state index contributed by atoms with van der Waals surface area (Å²) in [5.41, 5.74) is 11.5. The smallest absolute Gasteiger partial charge is 0.228 e. The molecule has 6 heterocycles. The minimum absolute atomic E-state index is 0.0221. The number of nitrogens with one attached hydrogen (secondary N) is 2. The Bertz CT molecular complexity index is 2400. The zero-order valence-corrected chi connectivity index (χ0v) is 40.9. The molecule has 2 aliphatic carbocycles. The molecule has 2 saturated carbocycles. The van der Waals surface area contributed by atoms with Crippen LogP contribution in [-0.2, 0) is 49.7 Å². The Kier molecular flexibility index (Phi) is 16.4. The summed E-state index contributed by atoms with van der Waals surface area (Å²) in [5.74, 6) is 3.06. The predicted octanol–water partition coefficient (Wildman–Crippen LogP) is 9.56. The lowest BCUT2D eigenvalue weighted by molar-refractivity contribution is -0.118. The second kappa shape index (κ2) is 21.6. The van der Waals surface area contributed by atoms with E-state index < -0.39 is 5.41 Å². The third kappa shape index (κ3) is 14.0. The van der Waals surface area contributed by atoms with E-state index in [0.29, 0.717) is 55.2 Å². The third-order valence-electron chi connectivity index (χ3n) is 12.7. The van der Waals surface area contributed by atoms with E-state index >= 15 is 0 Å². The van der Waals surface area contributed by atoms with Crippen molar-refractivity contribution < 1.29 is 37.9 Å². The lowest BCUT2D eigenvalue weighted by Crippen LogP contribution is -2.26. The number of nitrogen functional groups attached to an aromatic ring is 1. The monoisotopic (exact) mass is 919 g/mol. The number of Topliss-reactive ketones (excluding diaryl/α,β-unsaturated/α-hetero) is 3. The SMILES string of the molecule is CC(=O)CC(C)(C)c1nc(N)ccc1C1CCOC1.CC(=O)CC(C)(C)c1nc(NC(=O)C2CC2)ccc1-c1ccoc1.CC(=O)CC(C)(C)c1nc(NC(=O)C2CC2)ccc1C1CCOC1. The first-order chi connectivity index (χ1) is 31.6. The van der Waals surface area contributed by atoms with Gasteiger partial charge in [0, 0.05) is 83.5 Å². The number of nitrogens with zero attached hydrogens (tertiary/aromatic N) is 3. The maximum Gasteiger partial charge on any atom is 0.228 e. The molecule has 67 heavy (non-hydrogen) atoms. The second-order valence-corrected chi connectivity index (χ2v) is 20.8. The summed E-state index contributed by atoms with van der Waals surface area (Å²) < 4.78 is 16.2. The van der Waals surface area contributed by atoms with Gasteiger partial charge in [-0.1, -0.05) is 53.7 Å². The molecule has 360 valence electrons. The Hall–Kier alpha value is -5.60. The van der Waals surface area contributed by atoms with Gasteiger partial charge in [0.1, 0.15) is 34.8 Å². The standard InChI is InChI=1S/C19H26N2O3.C19H22N2O3.C15H22N2O2/c2*1-12(22)10-19(2,3)17-15(14-8-9-24-11-14)6-7-16(20-17)21-18(23)13-4-5-13;1-10(18)8-15(2,3)14-12(4-5-13(16)17-14)11-6-7-19-9-11/h6-7,13-14H,4-5,8-11H2,1-3H3,(H,20,21,23);6-9,11,13H,4-5,10H2,1-3H3,(H,20,21,23);4-5,11H,6-9H2,1-3H3,(H2,16,17). The van der Waals surface area contributed by atoms with E-state index in [1.807, 2.05) is 64.1 Å². The molecule has 2 atom stereocenters. The molecule has 14 nitrogen and oxygen atoms in total. The minimum Gasteiger partial charge on any atom is -0.472 e. The van der Waals surface area contributed by atoms with Crippen molar-refractivity contribution in [1.29, 1.82) is 0 Å². The third-order valence-corrected chi connectivity index (χ3v) is 12.7. The van der Waals surface area contributed by atoms with Crippen molar-refractivity contribution in [1.82, 2.24) is 15.0 Å². The average molecular weight is 919 g/mol. The van der Waals surface area contributed by atoms with Crippen LogP contribution in [0, 0.1) is 11.8 Å². The van der Waals surface area contributed by atoms with Crippen molar-refractivity contribution in [3.63, 3.8) is 0 Å². The molecule has 2 saturated heterocycles. The topological polar surface area (TPSA) is 206 Å². The van der Waals surface area contributed by atoms with Crippen LogP contribution in [0.2, 0.25) is 0 Å². The molecule has 0 bridgehead atoms. The van der Waals surface area contributed by atoms with Crippen LogP contribution in [0.15, 0.2) is 59.4 Å². The molecule has 4 aliphatic rings. The van der Waals surface area contributed by atoms with Crippen LogP contribution in [0.5, 0.6) is 0 Å².